The fraction of sp³-hybridized carbons (Fsp3) is 0.182. The summed E-state index contributed by atoms with van der Waals surface area (Å²) in [5.41, 5.74) is 5.91. The van der Waals surface area contributed by atoms with Crippen molar-refractivity contribution < 1.29 is 13.2 Å². The van der Waals surface area contributed by atoms with Gasteiger partial charge in [-0.3, -0.25) is 9.82 Å². The molecule has 0 unspecified atom stereocenters. The Labute approximate surface area is 110 Å². The Morgan fingerprint density at radius 1 is 1.37 bits per heavy atom. The van der Waals surface area contributed by atoms with E-state index in [-0.39, 0.29) is 10.7 Å². The standard InChI is InChI=1S/C11H14N4O3S/c1-2-18-9-5-3-8(4-6-9)15-19(16,17)10-7-13-14-11(10)12/h3-7,15H,2H2,1H3,(H3,12,13,14). The summed E-state index contributed by atoms with van der Waals surface area (Å²) in [6.07, 6.45) is 1.16. The highest BCUT2D eigenvalue weighted by Crippen LogP contribution is 2.21. The van der Waals surface area contributed by atoms with E-state index in [2.05, 4.69) is 14.9 Å². The van der Waals surface area contributed by atoms with Crippen LogP contribution in [0.4, 0.5) is 11.5 Å². The van der Waals surface area contributed by atoms with E-state index < -0.39 is 10.0 Å². The van der Waals surface area contributed by atoms with Crippen LogP contribution in [0.2, 0.25) is 0 Å². The van der Waals surface area contributed by atoms with E-state index >= 15 is 0 Å². The summed E-state index contributed by atoms with van der Waals surface area (Å²) >= 11 is 0. The summed E-state index contributed by atoms with van der Waals surface area (Å²) < 4.78 is 31.7. The van der Waals surface area contributed by atoms with Crippen molar-refractivity contribution in [2.45, 2.75) is 11.8 Å². The predicted octanol–water partition coefficient (Wildman–Crippen LogP) is 1.19. The molecule has 4 N–H and O–H groups in total. The Balaban J connectivity index is 2.19. The number of sulfonamides is 1. The van der Waals surface area contributed by atoms with Crippen LogP contribution < -0.4 is 15.2 Å². The van der Waals surface area contributed by atoms with Gasteiger partial charge in [-0.1, -0.05) is 0 Å². The van der Waals surface area contributed by atoms with E-state index in [0.29, 0.717) is 18.0 Å². The van der Waals surface area contributed by atoms with Crippen molar-refractivity contribution in [1.29, 1.82) is 0 Å². The molecule has 0 aliphatic rings. The molecule has 0 atom stereocenters. The van der Waals surface area contributed by atoms with Crippen molar-refractivity contribution in [3.05, 3.63) is 30.5 Å². The molecule has 0 fully saturated rings. The Kier molecular flexibility index (Phi) is 3.61. The molecule has 19 heavy (non-hydrogen) atoms. The van der Waals surface area contributed by atoms with Gasteiger partial charge in [0.15, 0.2) is 0 Å². The molecule has 102 valence electrons. The molecule has 8 heteroatoms. The first-order valence-corrected chi connectivity index (χ1v) is 7.06. The number of nitrogens with two attached hydrogens (primary N) is 1. The fourth-order valence-corrected chi connectivity index (χ4v) is 2.58. The van der Waals surface area contributed by atoms with Gasteiger partial charge in [0.2, 0.25) is 0 Å². The van der Waals surface area contributed by atoms with Gasteiger partial charge in [0.05, 0.1) is 12.8 Å². The maximum Gasteiger partial charge on any atom is 0.267 e. The molecule has 0 aliphatic heterocycles. The second-order valence-corrected chi connectivity index (χ2v) is 5.36. The minimum absolute atomic E-state index is 0.00145. The maximum atomic E-state index is 12.0. The van der Waals surface area contributed by atoms with E-state index in [4.69, 9.17) is 10.5 Å². The molecule has 1 aromatic heterocycles. The monoisotopic (exact) mass is 282 g/mol. The summed E-state index contributed by atoms with van der Waals surface area (Å²) in [6, 6.07) is 6.58. The largest absolute Gasteiger partial charge is 0.494 e. The maximum absolute atomic E-state index is 12.0. The number of aromatic amines is 1. The van der Waals surface area contributed by atoms with Gasteiger partial charge in [0.1, 0.15) is 16.5 Å². The molecule has 2 rings (SSSR count). The van der Waals surface area contributed by atoms with Crippen molar-refractivity contribution in [2.75, 3.05) is 17.1 Å². The van der Waals surface area contributed by atoms with Crippen molar-refractivity contribution in [3.8, 4) is 5.75 Å². The molecule has 0 radical (unpaired) electrons. The van der Waals surface area contributed by atoms with E-state index in [1.54, 1.807) is 24.3 Å². The molecule has 2 aromatic rings. The van der Waals surface area contributed by atoms with Crippen molar-refractivity contribution in [1.82, 2.24) is 10.2 Å². The lowest BCUT2D eigenvalue weighted by atomic mass is 10.3. The highest BCUT2D eigenvalue weighted by Gasteiger charge is 2.19. The molecule has 0 saturated carbocycles. The third kappa shape index (κ3) is 2.97. The van der Waals surface area contributed by atoms with Gasteiger partial charge in [0, 0.05) is 5.69 Å². The van der Waals surface area contributed by atoms with Crippen LogP contribution in [0.25, 0.3) is 0 Å². The summed E-state index contributed by atoms with van der Waals surface area (Å²) in [5.74, 6) is 0.673. The van der Waals surface area contributed by atoms with Crippen LogP contribution in [0.3, 0.4) is 0 Å². The molecule has 0 bridgehead atoms. The minimum atomic E-state index is -3.74. The van der Waals surface area contributed by atoms with Gasteiger partial charge in [0.25, 0.3) is 10.0 Å². The average Bonchev–Trinajstić information content (AvgIpc) is 2.79. The van der Waals surface area contributed by atoms with Crippen LogP contribution >= 0.6 is 0 Å². The molecule has 1 heterocycles. The van der Waals surface area contributed by atoms with Gasteiger partial charge in [-0.05, 0) is 31.2 Å². The zero-order chi connectivity index (χ0) is 13.9. The zero-order valence-corrected chi connectivity index (χ0v) is 11.1. The van der Waals surface area contributed by atoms with Crippen molar-refractivity contribution >= 4 is 21.5 Å². The number of rotatable bonds is 5. The first kappa shape index (κ1) is 13.2. The van der Waals surface area contributed by atoms with Gasteiger partial charge in [-0.15, -0.1) is 0 Å². The molecule has 1 aromatic carbocycles. The van der Waals surface area contributed by atoms with Crippen LogP contribution in [0, 0.1) is 0 Å². The van der Waals surface area contributed by atoms with Gasteiger partial charge in [-0.25, -0.2) is 8.42 Å². The third-order valence-corrected chi connectivity index (χ3v) is 3.75. The first-order chi connectivity index (χ1) is 9.03. The lowest BCUT2D eigenvalue weighted by Gasteiger charge is -2.08. The molecule has 0 aliphatic carbocycles. The van der Waals surface area contributed by atoms with E-state index in [1.165, 1.54) is 0 Å². The lowest BCUT2D eigenvalue weighted by molar-refractivity contribution is 0.340. The quantitative estimate of drug-likeness (QED) is 0.763. The number of hydrogen-bond acceptors (Lipinski definition) is 5. The normalized spacial score (nSPS) is 11.2. The van der Waals surface area contributed by atoms with E-state index in [1.807, 2.05) is 6.92 Å². The van der Waals surface area contributed by atoms with E-state index in [0.717, 1.165) is 6.20 Å². The summed E-state index contributed by atoms with van der Waals surface area (Å²) in [6.45, 7) is 2.43. The van der Waals surface area contributed by atoms with Gasteiger partial charge >= 0.3 is 0 Å². The second kappa shape index (κ2) is 5.19. The van der Waals surface area contributed by atoms with Crippen LogP contribution in [-0.4, -0.2) is 25.2 Å². The fourth-order valence-electron chi connectivity index (χ4n) is 1.50. The first-order valence-electron chi connectivity index (χ1n) is 5.57. The number of aromatic nitrogens is 2. The van der Waals surface area contributed by atoms with Crippen LogP contribution in [0.5, 0.6) is 5.75 Å². The number of nitrogen functional groups attached to an aromatic ring is 1. The smallest absolute Gasteiger partial charge is 0.267 e. The van der Waals surface area contributed by atoms with E-state index in [9.17, 15) is 8.42 Å². The Morgan fingerprint density at radius 3 is 2.58 bits per heavy atom. The topological polar surface area (TPSA) is 110 Å². The number of ether oxygens (including phenoxy) is 1. The van der Waals surface area contributed by atoms with Crippen LogP contribution in [-0.2, 0) is 10.0 Å². The molecular weight excluding hydrogens is 268 g/mol. The molecular formula is C11H14N4O3S. The second-order valence-electron chi connectivity index (χ2n) is 3.71. The van der Waals surface area contributed by atoms with Gasteiger partial charge in [-0.2, -0.15) is 5.10 Å². The number of anilines is 2. The number of H-pyrrole nitrogens is 1. The van der Waals surface area contributed by atoms with Gasteiger partial charge < -0.3 is 10.5 Å². The lowest BCUT2D eigenvalue weighted by Crippen LogP contribution is -2.13. The predicted molar refractivity (Wildman–Crippen MR) is 71.4 cm³/mol. The van der Waals surface area contributed by atoms with Crippen LogP contribution in [0.15, 0.2) is 35.4 Å². The Hall–Kier alpha value is -2.22. The molecule has 0 spiro atoms. The highest BCUT2D eigenvalue weighted by molar-refractivity contribution is 7.92. The van der Waals surface area contributed by atoms with Crippen molar-refractivity contribution in [2.24, 2.45) is 0 Å². The zero-order valence-electron chi connectivity index (χ0n) is 10.3. The number of nitrogens with one attached hydrogen (secondary N) is 2. The number of benzene rings is 1. The highest BCUT2D eigenvalue weighted by atomic mass is 32.2. The summed E-state index contributed by atoms with van der Waals surface area (Å²) in [5, 5.41) is 5.95. The summed E-state index contributed by atoms with van der Waals surface area (Å²) in [7, 11) is -3.74. The average molecular weight is 282 g/mol. The Bertz CT molecular complexity index is 649. The summed E-state index contributed by atoms with van der Waals surface area (Å²) in [4.78, 5) is -0.0821. The number of hydrogen-bond donors (Lipinski definition) is 3. The van der Waals surface area contributed by atoms with Crippen molar-refractivity contribution in [3.63, 3.8) is 0 Å². The Morgan fingerprint density at radius 2 is 2.05 bits per heavy atom. The molecule has 7 nitrogen and oxygen atoms in total. The molecule has 0 saturated heterocycles. The minimum Gasteiger partial charge on any atom is -0.494 e. The third-order valence-electron chi connectivity index (χ3n) is 2.34. The number of nitrogens with zero attached hydrogens (tertiary/aromatic N) is 1. The SMILES string of the molecule is CCOc1ccc(NS(=O)(=O)c2cn[nH]c2N)cc1. The van der Waals surface area contributed by atoms with Crippen LogP contribution in [0.1, 0.15) is 6.92 Å². The molecule has 0 amide bonds.